The number of nitrogens with zero attached hydrogens (tertiary/aromatic N) is 1. The SMILES string of the molecule is NC1(Cc2cc(Cl)ncc2Br)CC1. The molecule has 0 spiro atoms. The van der Waals surface area contributed by atoms with E-state index in [1.54, 1.807) is 6.20 Å². The Morgan fingerprint density at radius 3 is 2.92 bits per heavy atom. The summed E-state index contributed by atoms with van der Waals surface area (Å²) in [5.74, 6) is 0. The average molecular weight is 262 g/mol. The van der Waals surface area contributed by atoms with E-state index >= 15 is 0 Å². The molecule has 1 aliphatic rings. The summed E-state index contributed by atoms with van der Waals surface area (Å²) >= 11 is 9.23. The van der Waals surface area contributed by atoms with Crippen molar-refractivity contribution in [3.05, 3.63) is 27.5 Å². The molecule has 0 aromatic carbocycles. The van der Waals surface area contributed by atoms with Gasteiger partial charge < -0.3 is 5.73 Å². The van der Waals surface area contributed by atoms with Crippen molar-refractivity contribution in [2.75, 3.05) is 0 Å². The van der Waals surface area contributed by atoms with Gasteiger partial charge in [-0.25, -0.2) is 4.98 Å². The van der Waals surface area contributed by atoms with Crippen molar-refractivity contribution in [2.24, 2.45) is 5.73 Å². The van der Waals surface area contributed by atoms with E-state index in [1.807, 2.05) is 6.07 Å². The maximum absolute atomic E-state index is 6.01. The molecule has 1 saturated carbocycles. The fraction of sp³-hybridized carbons (Fsp3) is 0.444. The Labute approximate surface area is 90.6 Å². The molecule has 0 unspecified atom stereocenters. The Bertz CT molecular complexity index is 336. The molecule has 0 atom stereocenters. The summed E-state index contributed by atoms with van der Waals surface area (Å²) in [6.45, 7) is 0. The van der Waals surface area contributed by atoms with Crippen LogP contribution in [0.25, 0.3) is 0 Å². The highest BCUT2D eigenvalue weighted by atomic mass is 79.9. The van der Waals surface area contributed by atoms with Crippen LogP contribution in [0.5, 0.6) is 0 Å². The van der Waals surface area contributed by atoms with Crippen LogP contribution < -0.4 is 5.73 Å². The van der Waals surface area contributed by atoms with Crippen LogP contribution in [-0.4, -0.2) is 10.5 Å². The molecule has 1 fully saturated rings. The molecule has 0 radical (unpaired) electrons. The molecule has 4 heteroatoms. The quantitative estimate of drug-likeness (QED) is 0.831. The Hall–Kier alpha value is -0.120. The molecule has 0 amide bonds. The van der Waals surface area contributed by atoms with Gasteiger partial charge in [-0.2, -0.15) is 0 Å². The molecule has 70 valence electrons. The van der Waals surface area contributed by atoms with Crippen molar-refractivity contribution in [1.29, 1.82) is 0 Å². The first-order valence-electron chi connectivity index (χ1n) is 4.18. The smallest absolute Gasteiger partial charge is 0.129 e. The van der Waals surface area contributed by atoms with Gasteiger partial charge in [-0.1, -0.05) is 11.6 Å². The minimum absolute atomic E-state index is 0.0210. The molecule has 1 aliphatic carbocycles. The summed E-state index contributed by atoms with van der Waals surface area (Å²) in [5.41, 5.74) is 7.19. The van der Waals surface area contributed by atoms with Crippen molar-refractivity contribution < 1.29 is 0 Å². The number of hydrogen-bond donors (Lipinski definition) is 1. The van der Waals surface area contributed by atoms with Crippen LogP contribution in [0.2, 0.25) is 5.15 Å². The molecule has 2 N–H and O–H groups in total. The maximum Gasteiger partial charge on any atom is 0.129 e. The van der Waals surface area contributed by atoms with Crippen molar-refractivity contribution >= 4 is 27.5 Å². The highest BCUT2D eigenvalue weighted by Crippen LogP contribution is 2.37. The van der Waals surface area contributed by atoms with Crippen LogP contribution in [0.3, 0.4) is 0 Å². The monoisotopic (exact) mass is 260 g/mol. The van der Waals surface area contributed by atoms with Gasteiger partial charge in [0, 0.05) is 16.2 Å². The molecule has 2 rings (SSSR count). The molecule has 0 saturated heterocycles. The zero-order valence-electron chi connectivity index (χ0n) is 7.06. The van der Waals surface area contributed by atoms with Crippen LogP contribution in [0.1, 0.15) is 18.4 Å². The van der Waals surface area contributed by atoms with Crippen molar-refractivity contribution in [1.82, 2.24) is 4.98 Å². The topological polar surface area (TPSA) is 38.9 Å². The van der Waals surface area contributed by atoms with Gasteiger partial charge in [-0.05, 0) is 46.8 Å². The van der Waals surface area contributed by atoms with E-state index in [4.69, 9.17) is 17.3 Å². The number of hydrogen-bond acceptors (Lipinski definition) is 2. The molecule has 13 heavy (non-hydrogen) atoms. The summed E-state index contributed by atoms with van der Waals surface area (Å²) < 4.78 is 0.994. The lowest BCUT2D eigenvalue weighted by Crippen LogP contribution is -2.24. The largest absolute Gasteiger partial charge is 0.325 e. The van der Waals surface area contributed by atoms with E-state index in [9.17, 15) is 0 Å². The van der Waals surface area contributed by atoms with Gasteiger partial charge >= 0.3 is 0 Å². The third kappa shape index (κ3) is 2.22. The van der Waals surface area contributed by atoms with Crippen LogP contribution in [0.4, 0.5) is 0 Å². The molecule has 1 heterocycles. The van der Waals surface area contributed by atoms with Crippen LogP contribution in [-0.2, 0) is 6.42 Å². The normalized spacial score (nSPS) is 18.7. The third-order valence-corrected chi connectivity index (χ3v) is 3.26. The van der Waals surface area contributed by atoms with E-state index in [2.05, 4.69) is 20.9 Å². The molecule has 2 nitrogen and oxygen atoms in total. The lowest BCUT2D eigenvalue weighted by Gasteiger charge is -2.09. The molecule has 0 aliphatic heterocycles. The van der Waals surface area contributed by atoms with Gasteiger partial charge in [0.15, 0.2) is 0 Å². The number of pyridine rings is 1. The maximum atomic E-state index is 6.01. The predicted octanol–water partition coefficient (Wildman–Crippen LogP) is 2.53. The fourth-order valence-electron chi connectivity index (χ4n) is 1.30. The molecular formula is C9H10BrClN2. The second kappa shape index (κ2) is 3.23. The fourth-order valence-corrected chi connectivity index (χ4v) is 1.84. The van der Waals surface area contributed by atoms with Crippen molar-refractivity contribution in [2.45, 2.75) is 24.8 Å². The van der Waals surface area contributed by atoms with Crippen LogP contribution >= 0.6 is 27.5 Å². The van der Waals surface area contributed by atoms with Gasteiger partial charge in [0.2, 0.25) is 0 Å². The molecule has 1 aromatic rings. The highest BCUT2D eigenvalue weighted by molar-refractivity contribution is 9.10. The number of halogens is 2. The van der Waals surface area contributed by atoms with Gasteiger partial charge in [0.25, 0.3) is 0 Å². The van der Waals surface area contributed by atoms with Gasteiger partial charge in [-0.15, -0.1) is 0 Å². The highest BCUT2D eigenvalue weighted by Gasteiger charge is 2.38. The third-order valence-electron chi connectivity index (χ3n) is 2.34. The zero-order valence-corrected chi connectivity index (χ0v) is 9.40. The lowest BCUT2D eigenvalue weighted by molar-refractivity contribution is 0.670. The number of nitrogens with two attached hydrogens (primary N) is 1. The average Bonchev–Trinajstić information content (AvgIpc) is 2.76. The first kappa shape index (κ1) is 9.44. The minimum Gasteiger partial charge on any atom is -0.325 e. The summed E-state index contributed by atoms with van der Waals surface area (Å²) in [6.07, 6.45) is 4.83. The van der Waals surface area contributed by atoms with Crippen LogP contribution in [0.15, 0.2) is 16.7 Å². The van der Waals surface area contributed by atoms with Gasteiger partial charge in [-0.3, -0.25) is 0 Å². The molecule has 1 aromatic heterocycles. The summed E-state index contributed by atoms with van der Waals surface area (Å²) in [6, 6.07) is 1.87. The molecule has 0 bridgehead atoms. The van der Waals surface area contributed by atoms with Crippen molar-refractivity contribution in [3.63, 3.8) is 0 Å². The first-order chi connectivity index (χ1) is 6.09. The number of aromatic nitrogens is 1. The minimum atomic E-state index is 0.0210. The second-order valence-corrected chi connectivity index (χ2v) is 4.88. The predicted molar refractivity (Wildman–Crippen MR) is 56.8 cm³/mol. The Balaban J connectivity index is 2.23. The summed E-state index contributed by atoms with van der Waals surface area (Å²) in [5, 5.41) is 0.530. The summed E-state index contributed by atoms with van der Waals surface area (Å²) in [4.78, 5) is 3.97. The van der Waals surface area contributed by atoms with E-state index in [-0.39, 0.29) is 5.54 Å². The Kier molecular flexibility index (Phi) is 2.34. The van der Waals surface area contributed by atoms with E-state index < -0.39 is 0 Å². The van der Waals surface area contributed by atoms with E-state index in [0.717, 1.165) is 29.3 Å². The number of rotatable bonds is 2. The van der Waals surface area contributed by atoms with Crippen LogP contribution in [0, 0.1) is 0 Å². The Morgan fingerprint density at radius 1 is 1.62 bits per heavy atom. The summed E-state index contributed by atoms with van der Waals surface area (Å²) in [7, 11) is 0. The lowest BCUT2D eigenvalue weighted by atomic mass is 10.1. The standard InChI is InChI=1S/C9H10BrClN2/c10-7-5-13-8(11)3-6(7)4-9(12)1-2-9/h3,5H,1-2,4,12H2. The first-order valence-corrected chi connectivity index (χ1v) is 5.35. The van der Waals surface area contributed by atoms with Gasteiger partial charge in [0.1, 0.15) is 5.15 Å². The van der Waals surface area contributed by atoms with E-state index in [1.165, 1.54) is 0 Å². The zero-order chi connectivity index (χ0) is 9.47. The molecular weight excluding hydrogens is 251 g/mol. The Morgan fingerprint density at radius 2 is 2.31 bits per heavy atom. The second-order valence-electron chi connectivity index (χ2n) is 3.64. The van der Waals surface area contributed by atoms with Gasteiger partial charge in [0.05, 0.1) is 0 Å². The van der Waals surface area contributed by atoms with Crippen molar-refractivity contribution in [3.8, 4) is 0 Å². The van der Waals surface area contributed by atoms with E-state index in [0.29, 0.717) is 5.15 Å².